The number of carbonyl (C=O) groups is 2. The third-order valence-corrected chi connectivity index (χ3v) is 7.34. The molecule has 0 aromatic rings. The van der Waals surface area contributed by atoms with Gasteiger partial charge in [-0.2, -0.15) is 8.42 Å². The van der Waals surface area contributed by atoms with Crippen molar-refractivity contribution >= 4 is 50.0 Å². The van der Waals surface area contributed by atoms with Crippen LogP contribution in [0, 0.1) is 0 Å². The van der Waals surface area contributed by atoms with Gasteiger partial charge in [-0.15, -0.1) is 0 Å². The molecule has 0 spiro atoms. The van der Waals surface area contributed by atoms with Gasteiger partial charge in [-0.05, 0) is 0 Å². The van der Waals surface area contributed by atoms with Crippen molar-refractivity contribution < 1.29 is 32.8 Å². The Bertz CT molecular complexity index is 472. The van der Waals surface area contributed by atoms with E-state index in [1.165, 1.54) is 72.9 Å². The quantitative estimate of drug-likeness (QED) is 0.287. The van der Waals surface area contributed by atoms with Gasteiger partial charge in [0.05, 0.1) is 6.42 Å². The molecule has 0 bridgehead atoms. The Kier molecular flexibility index (Phi) is 14.2. The van der Waals surface area contributed by atoms with E-state index in [0.29, 0.717) is 0 Å². The first-order valence-corrected chi connectivity index (χ1v) is 10.8. The van der Waals surface area contributed by atoms with E-state index in [0.717, 1.165) is 2.66 Å². The van der Waals surface area contributed by atoms with E-state index in [-0.39, 0.29) is 0 Å². The molecule has 0 aliphatic rings. The van der Waals surface area contributed by atoms with Crippen LogP contribution in [0.2, 0.25) is 2.66 Å². The van der Waals surface area contributed by atoms with Gasteiger partial charge in [0.25, 0.3) is 10.1 Å². The fourth-order valence-corrected chi connectivity index (χ4v) is 3.02. The van der Waals surface area contributed by atoms with E-state index in [4.69, 9.17) is 14.8 Å². The summed E-state index contributed by atoms with van der Waals surface area (Å²) >= 11 is 1.39. The number of carboxylic acids is 2. The van der Waals surface area contributed by atoms with Crippen LogP contribution in [0.4, 0.5) is 0 Å². The third-order valence-electron chi connectivity index (χ3n) is 4.34. The Morgan fingerprint density at radius 2 is 1.54 bits per heavy atom. The predicted molar refractivity (Wildman–Crippen MR) is 93.0 cm³/mol. The Labute approximate surface area is 162 Å². The van der Waals surface area contributed by atoms with Gasteiger partial charge >= 0.3 is 108 Å². The second-order valence-corrected chi connectivity index (χ2v) is 9.99. The van der Waals surface area contributed by atoms with Crippen molar-refractivity contribution in [2.24, 2.45) is 0 Å². The molecular formula is C15H29NaO7S. The predicted octanol–water partition coefficient (Wildman–Crippen LogP) is 2.91. The molecule has 0 aliphatic carbocycles. The second kappa shape index (κ2) is 13.1. The van der Waals surface area contributed by atoms with Crippen molar-refractivity contribution in [1.29, 1.82) is 0 Å². The average Bonchev–Trinajstić information content (AvgIpc) is 2.48. The monoisotopic (exact) mass is 376 g/mol. The van der Waals surface area contributed by atoms with E-state index >= 15 is 0 Å². The molecule has 24 heavy (non-hydrogen) atoms. The number of carboxylic acid groups (broad SMARTS) is 2. The van der Waals surface area contributed by atoms with Crippen LogP contribution >= 0.6 is 0 Å². The normalized spacial score (nSPS) is 12.9. The van der Waals surface area contributed by atoms with Crippen molar-refractivity contribution in [2.45, 2.75) is 80.1 Å². The molecule has 1 atom stereocenters. The zero-order valence-electron chi connectivity index (χ0n) is 15.1. The number of hydrogen-bond acceptors (Lipinski definition) is 4. The van der Waals surface area contributed by atoms with Crippen LogP contribution in [0.1, 0.15) is 72.1 Å². The first-order valence-electron chi connectivity index (χ1n) is 8.34. The van der Waals surface area contributed by atoms with Crippen molar-refractivity contribution in [2.75, 3.05) is 0 Å². The molecule has 0 amide bonds. The minimum Gasteiger partial charge on any atom is -0.481 e. The topological polar surface area (TPSA) is 129 Å². The summed E-state index contributed by atoms with van der Waals surface area (Å²) in [5.41, 5.74) is 0. The summed E-state index contributed by atoms with van der Waals surface area (Å²) in [7, 11) is -4.84. The molecule has 1 unspecified atom stereocenters. The molecule has 0 saturated heterocycles. The minimum absolute atomic E-state index is 0.772. The van der Waals surface area contributed by atoms with Gasteiger partial charge in [-0.25, -0.2) is 0 Å². The molecule has 0 heterocycles. The van der Waals surface area contributed by atoms with E-state index in [1.54, 1.807) is 0 Å². The van der Waals surface area contributed by atoms with Gasteiger partial charge in [0.15, 0.2) is 5.25 Å². The summed E-state index contributed by atoms with van der Waals surface area (Å²) < 4.78 is 29.4. The maximum absolute atomic E-state index is 10.2. The van der Waals surface area contributed by atoms with Crippen LogP contribution in [0.15, 0.2) is 0 Å². The molecule has 0 fully saturated rings. The summed E-state index contributed by atoms with van der Waals surface area (Å²) in [5.74, 6) is -3.50. The van der Waals surface area contributed by atoms with Gasteiger partial charge in [-0.1, -0.05) is 0 Å². The second-order valence-electron chi connectivity index (χ2n) is 6.27. The van der Waals surface area contributed by atoms with Gasteiger partial charge in [0.2, 0.25) is 0 Å². The van der Waals surface area contributed by atoms with Crippen LogP contribution in [-0.2, 0) is 19.7 Å². The van der Waals surface area contributed by atoms with Crippen LogP contribution in [0.5, 0.6) is 0 Å². The third kappa shape index (κ3) is 13.2. The molecule has 0 rings (SSSR count). The molecule has 0 aromatic carbocycles. The number of unbranched alkanes of at least 4 members (excludes halogenated alkanes) is 3. The smallest absolute Gasteiger partial charge is 0.325 e. The first kappa shape index (κ1) is 26.1. The van der Waals surface area contributed by atoms with Crippen LogP contribution < -0.4 is 0 Å². The largest absolute Gasteiger partial charge is 0.481 e. The van der Waals surface area contributed by atoms with Crippen molar-refractivity contribution in [1.82, 2.24) is 0 Å². The standard InChI is InChI=1S/C11H23.C4H6O7S.Na/c1-4-7-8-9-10-11(5-2)6-3;5-3(6)1-2(4(7)8)12(9,10)11;/h4-10H2,1-3H3;2H,1H2,(H,5,6)(H,7,8)(H,9,10,11);. The molecule has 0 saturated carbocycles. The van der Waals surface area contributed by atoms with Crippen LogP contribution in [0.3, 0.4) is 0 Å². The molecular weight excluding hydrogens is 347 g/mol. The maximum Gasteiger partial charge on any atom is 0.325 e. The zero-order valence-corrected chi connectivity index (χ0v) is 17.9. The fraction of sp³-hybridized carbons (Fsp3) is 0.867. The van der Waals surface area contributed by atoms with E-state index in [2.05, 4.69) is 20.8 Å². The van der Waals surface area contributed by atoms with Crippen LogP contribution in [-0.4, -0.2) is 68.3 Å². The Balaban J connectivity index is 0. The number of rotatable bonds is 11. The van der Waals surface area contributed by atoms with Crippen molar-refractivity contribution in [3.8, 4) is 0 Å². The number of aliphatic carboxylic acids is 2. The molecule has 0 aromatic heterocycles. The van der Waals surface area contributed by atoms with E-state index in [1.807, 2.05) is 0 Å². The molecule has 9 heteroatoms. The van der Waals surface area contributed by atoms with Gasteiger partial charge in [0, 0.05) is 0 Å². The molecule has 138 valence electrons. The van der Waals surface area contributed by atoms with Crippen molar-refractivity contribution in [3.05, 3.63) is 0 Å². The summed E-state index contributed by atoms with van der Waals surface area (Å²) in [6.07, 6.45) is 8.88. The Hall–Kier alpha value is -0.150. The SMILES string of the molecule is CCCCCC[C]([Na])(CC)CC.O=C(O)CC(C(=O)O)S(=O)(=O)O. The van der Waals surface area contributed by atoms with Crippen LogP contribution in [0.25, 0.3) is 0 Å². The minimum atomic E-state index is -4.84. The first-order chi connectivity index (χ1) is 10.9. The Morgan fingerprint density at radius 1 is 1.04 bits per heavy atom. The molecule has 0 aliphatic heterocycles. The van der Waals surface area contributed by atoms with Gasteiger partial charge < -0.3 is 10.2 Å². The molecule has 3 N–H and O–H groups in total. The molecule has 7 nitrogen and oxygen atoms in total. The molecule has 0 radical (unpaired) electrons. The fourth-order valence-electron chi connectivity index (χ4n) is 2.06. The van der Waals surface area contributed by atoms with Gasteiger partial charge in [0.1, 0.15) is 0 Å². The number of hydrogen-bond donors (Lipinski definition) is 3. The summed E-state index contributed by atoms with van der Waals surface area (Å²) in [5, 5.41) is 13.9. The van der Waals surface area contributed by atoms with Gasteiger partial charge in [-0.3, -0.25) is 14.1 Å². The Morgan fingerprint density at radius 3 is 1.79 bits per heavy atom. The summed E-state index contributed by atoms with van der Waals surface area (Å²) in [4.78, 5) is 20.0. The van der Waals surface area contributed by atoms with E-state index < -0.39 is 33.7 Å². The van der Waals surface area contributed by atoms with E-state index in [9.17, 15) is 18.0 Å². The maximum atomic E-state index is 10.2. The van der Waals surface area contributed by atoms with Crippen molar-refractivity contribution in [3.63, 3.8) is 0 Å². The summed E-state index contributed by atoms with van der Waals surface area (Å²) in [6.45, 7) is 7.00. The summed E-state index contributed by atoms with van der Waals surface area (Å²) in [6, 6.07) is 0. The zero-order chi connectivity index (χ0) is 19.4. The average molecular weight is 376 g/mol.